The summed E-state index contributed by atoms with van der Waals surface area (Å²) in [5.41, 5.74) is 7.23. The molecule has 0 saturated carbocycles. The number of ketones is 1. The van der Waals surface area contributed by atoms with Crippen LogP contribution in [0.25, 0.3) is 0 Å². The minimum atomic E-state index is -0.317. The Morgan fingerprint density at radius 1 is 1.42 bits per heavy atom. The maximum atomic E-state index is 11.7. The quantitative estimate of drug-likeness (QED) is 0.914. The van der Waals surface area contributed by atoms with Crippen LogP contribution in [0.4, 0.5) is 0 Å². The third kappa shape index (κ3) is 2.45. The van der Waals surface area contributed by atoms with E-state index in [2.05, 4.69) is 6.07 Å². The first-order valence-electron chi connectivity index (χ1n) is 5.79. The number of allylic oxidation sites excluding steroid dienone is 1. The predicted octanol–water partition coefficient (Wildman–Crippen LogP) is 2.18. The zero-order chi connectivity index (χ0) is 14.0. The minimum Gasteiger partial charge on any atom is -0.497 e. The second-order valence-electron chi connectivity index (χ2n) is 4.29. The zero-order valence-corrected chi connectivity index (χ0v) is 11.5. The number of carbonyl (C=O) groups is 1. The van der Waals surface area contributed by atoms with Crippen molar-refractivity contribution in [2.75, 3.05) is 7.11 Å². The molecule has 2 N–H and O–H groups in total. The highest BCUT2D eigenvalue weighted by atomic mass is 32.2. The fourth-order valence-electron chi connectivity index (χ4n) is 2.17. The van der Waals surface area contributed by atoms with Crippen LogP contribution in [0.15, 0.2) is 34.9 Å². The fourth-order valence-corrected chi connectivity index (χ4v) is 3.34. The lowest BCUT2D eigenvalue weighted by Gasteiger charge is -2.17. The van der Waals surface area contributed by atoms with Crippen LogP contribution in [0.1, 0.15) is 18.4 Å². The van der Waals surface area contributed by atoms with Crippen LogP contribution < -0.4 is 10.5 Å². The number of hydrogen-bond donors (Lipinski definition) is 1. The molecule has 0 amide bonds. The van der Waals surface area contributed by atoms with Crippen molar-refractivity contribution in [1.82, 2.24) is 0 Å². The van der Waals surface area contributed by atoms with Gasteiger partial charge in [-0.05, 0) is 24.6 Å². The first-order chi connectivity index (χ1) is 9.08. The van der Waals surface area contributed by atoms with Gasteiger partial charge in [-0.1, -0.05) is 23.9 Å². The van der Waals surface area contributed by atoms with Gasteiger partial charge in [-0.3, -0.25) is 4.79 Å². The summed E-state index contributed by atoms with van der Waals surface area (Å²) in [5, 5.41) is 9.36. The van der Waals surface area contributed by atoms with Gasteiger partial charge in [0.15, 0.2) is 0 Å². The predicted molar refractivity (Wildman–Crippen MR) is 74.6 cm³/mol. The molecule has 98 valence electrons. The number of carbonyl (C=O) groups excluding carboxylic acids is 1. The summed E-state index contributed by atoms with van der Waals surface area (Å²) in [7, 11) is 1.59. The summed E-state index contributed by atoms with van der Waals surface area (Å²) in [6.45, 7) is 1.53. The molecule has 0 spiro atoms. The highest BCUT2D eigenvalue weighted by Crippen LogP contribution is 2.45. The number of benzene rings is 1. The SMILES string of the molecule is COc1ccc([C@@H]2C(C#N)=C(N)S[C@H]2C(C)=O)cc1. The molecule has 1 aromatic carbocycles. The molecule has 1 aliphatic rings. The van der Waals surface area contributed by atoms with Gasteiger partial charge in [-0.2, -0.15) is 5.26 Å². The van der Waals surface area contributed by atoms with Gasteiger partial charge < -0.3 is 10.5 Å². The van der Waals surface area contributed by atoms with E-state index in [1.807, 2.05) is 24.3 Å². The number of nitrogens with zero attached hydrogens (tertiary/aromatic N) is 1. The summed E-state index contributed by atoms with van der Waals surface area (Å²) < 4.78 is 5.11. The minimum absolute atomic E-state index is 0.0269. The van der Waals surface area contributed by atoms with E-state index < -0.39 is 0 Å². The Bertz CT molecular complexity index is 572. The Morgan fingerprint density at radius 3 is 2.53 bits per heavy atom. The summed E-state index contributed by atoms with van der Waals surface area (Å²) in [6, 6.07) is 9.51. The van der Waals surface area contributed by atoms with Gasteiger partial charge in [0.2, 0.25) is 0 Å². The zero-order valence-electron chi connectivity index (χ0n) is 10.7. The number of nitriles is 1. The number of ether oxygens (including phenoxy) is 1. The molecule has 0 saturated heterocycles. The van der Waals surface area contributed by atoms with Gasteiger partial charge >= 0.3 is 0 Å². The summed E-state index contributed by atoms with van der Waals surface area (Å²) >= 11 is 1.27. The molecule has 2 rings (SSSR count). The Balaban J connectivity index is 2.43. The average molecular weight is 274 g/mol. The van der Waals surface area contributed by atoms with Crippen molar-refractivity contribution in [3.8, 4) is 11.8 Å². The molecule has 5 heteroatoms. The van der Waals surface area contributed by atoms with E-state index in [0.29, 0.717) is 10.6 Å². The number of rotatable bonds is 3. The second-order valence-corrected chi connectivity index (χ2v) is 5.47. The molecule has 0 radical (unpaired) electrons. The lowest BCUT2D eigenvalue weighted by molar-refractivity contribution is -0.116. The number of nitrogens with two attached hydrogens (primary N) is 1. The maximum absolute atomic E-state index is 11.7. The van der Waals surface area contributed by atoms with E-state index in [4.69, 9.17) is 10.5 Å². The standard InChI is InChI=1S/C14H14N2O2S/c1-8(17)13-12(11(7-15)14(16)19-13)9-3-5-10(18-2)6-4-9/h3-6,12-13H,16H2,1-2H3/t12-,13+/m1/s1. The number of Topliss-reactive ketones (excluding diaryl/α,β-unsaturated/α-hetero) is 1. The van der Waals surface area contributed by atoms with Crippen molar-refractivity contribution < 1.29 is 9.53 Å². The first-order valence-corrected chi connectivity index (χ1v) is 6.67. The van der Waals surface area contributed by atoms with Gasteiger partial charge in [-0.15, -0.1) is 0 Å². The molecule has 0 aromatic heterocycles. The van der Waals surface area contributed by atoms with E-state index in [-0.39, 0.29) is 17.0 Å². The van der Waals surface area contributed by atoms with Crippen molar-refractivity contribution in [1.29, 1.82) is 5.26 Å². The van der Waals surface area contributed by atoms with E-state index in [1.165, 1.54) is 18.7 Å². The molecule has 19 heavy (non-hydrogen) atoms. The highest BCUT2D eigenvalue weighted by Gasteiger charge is 2.38. The first kappa shape index (κ1) is 13.5. The highest BCUT2D eigenvalue weighted by molar-refractivity contribution is 8.04. The van der Waals surface area contributed by atoms with Crippen LogP contribution in [-0.4, -0.2) is 18.1 Å². The van der Waals surface area contributed by atoms with E-state index >= 15 is 0 Å². The molecular weight excluding hydrogens is 260 g/mol. The largest absolute Gasteiger partial charge is 0.497 e. The summed E-state index contributed by atoms with van der Waals surface area (Å²) in [4.78, 5) is 11.7. The summed E-state index contributed by atoms with van der Waals surface area (Å²) in [5.74, 6) is 0.502. The molecule has 0 unspecified atom stereocenters. The average Bonchev–Trinajstić information content (AvgIpc) is 2.76. The molecule has 2 atom stereocenters. The monoisotopic (exact) mass is 274 g/mol. The van der Waals surface area contributed by atoms with Crippen molar-refractivity contribution in [2.45, 2.75) is 18.1 Å². The molecule has 1 heterocycles. The van der Waals surface area contributed by atoms with Gasteiger partial charge in [-0.25, -0.2) is 0 Å². The Hall–Kier alpha value is -1.93. The van der Waals surface area contributed by atoms with Gasteiger partial charge in [0.05, 0.1) is 29.0 Å². The third-order valence-corrected chi connectivity index (χ3v) is 4.46. The molecule has 4 nitrogen and oxygen atoms in total. The van der Waals surface area contributed by atoms with Crippen LogP contribution in [0.2, 0.25) is 0 Å². The van der Waals surface area contributed by atoms with Crippen molar-refractivity contribution >= 4 is 17.5 Å². The molecule has 1 aliphatic heterocycles. The molecule has 0 aliphatic carbocycles. The number of hydrogen-bond acceptors (Lipinski definition) is 5. The van der Waals surface area contributed by atoms with Gasteiger partial charge in [0, 0.05) is 5.92 Å². The maximum Gasteiger partial charge on any atom is 0.144 e. The van der Waals surface area contributed by atoms with Crippen LogP contribution in [-0.2, 0) is 4.79 Å². The van der Waals surface area contributed by atoms with Crippen LogP contribution in [0.3, 0.4) is 0 Å². The molecule has 1 aromatic rings. The van der Waals surface area contributed by atoms with Crippen molar-refractivity contribution in [3.05, 3.63) is 40.4 Å². The number of thioether (sulfide) groups is 1. The van der Waals surface area contributed by atoms with E-state index in [9.17, 15) is 10.1 Å². The normalized spacial score (nSPS) is 22.2. The van der Waals surface area contributed by atoms with Gasteiger partial charge in [0.1, 0.15) is 11.5 Å². The topological polar surface area (TPSA) is 76.1 Å². The van der Waals surface area contributed by atoms with Gasteiger partial charge in [0.25, 0.3) is 0 Å². The second kappa shape index (κ2) is 5.37. The van der Waals surface area contributed by atoms with Crippen LogP contribution >= 0.6 is 11.8 Å². The van der Waals surface area contributed by atoms with Crippen molar-refractivity contribution in [3.63, 3.8) is 0 Å². The lowest BCUT2D eigenvalue weighted by atomic mass is 9.88. The fraction of sp³-hybridized carbons (Fsp3) is 0.286. The Kier molecular flexibility index (Phi) is 3.82. The third-order valence-electron chi connectivity index (χ3n) is 3.13. The molecule has 0 fully saturated rings. The summed E-state index contributed by atoms with van der Waals surface area (Å²) in [6.07, 6.45) is 0. The smallest absolute Gasteiger partial charge is 0.144 e. The number of methoxy groups -OCH3 is 1. The van der Waals surface area contributed by atoms with Crippen molar-refractivity contribution in [2.24, 2.45) is 5.73 Å². The molecule has 0 bridgehead atoms. The Morgan fingerprint density at radius 2 is 2.05 bits per heavy atom. The van der Waals surface area contributed by atoms with Crippen LogP contribution in [0.5, 0.6) is 5.75 Å². The molecular formula is C14H14N2O2S. The lowest BCUT2D eigenvalue weighted by Crippen LogP contribution is -2.20. The van der Waals surface area contributed by atoms with Crippen LogP contribution in [0, 0.1) is 11.3 Å². The van der Waals surface area contributed by atoms with E-state index in [1.54, 1.807) is 7.11 Å². The van der Waals surface area contributed by atoms with E-state index in [0.717, 1.165) is 11.3 Å². The Labute approximate surface area is 116 Å².